The van der Waals surface area contributed by atoms with Crippen LogP contribution in [0.5, 0.6) is 0 Å². The van der Waals surface area contributed by atoms with Crippen molar-refractivity contribution in [3.05, 3.63) is 52.5 Å². The molecular formula is C22H27N5O2S. The fourth-order valence-corrected chi connectivity index (χ4v) is 4.76. The van der Waals surface area contributed by atoms with Crippen LogP contribution in [0.2, 0.25) is 0 Å². The second kappa shape index (κ2) is 8.97. The van der Waals surface area contributed by atoms with Gasteiger partial charge >= 0.3 is 0 Å². The highest BCUT2D eigenvalue weighted by Crippen LogP contribution is 2.31. The van der Waals surface area contributed by atoms with Gasteiger partial charge in [-0.2, -0.15) is 0 Å². The van der Waals surface area contributed by atoms with Crippen molar-refractivity contribution < 1.29 is 9.59 Å². The topological polar surface area (TPSA) is 79.3 Å². The predicted molar refractivity (Wildman–Crippen MR) is 118 cm³/mol. The van der Waals surface area contributed by atoms with Crippen LogP contribution in [-0.4, -0.2) is 45.9 Å². The normalized spacial score (nSPS) is 17.4. The summed E-state index contributed by atoms with van der Waals surface area (Å²) in [7, 11) is 0. The van der Waals surface area contributed by atoms with Crippen LogP contribution in [0.4, 0.5) is 0 Å². The summed E-state index contributed by atoms with van der Waals surface area (Å²) in [6, 6.07) is 12.1. The number of fused-ring (bicyclic) bond motifs is 1. The summed E-state index contributed by atoms with van der Waals surface area (Å²) in [5, 5.41) is 1.83. The Hall–Kier alpha value is -2.71. The summed E-state index contributed by atoms with van der Waals surface area (Å²) in [6.45, 7) is 6.26. The third-order valence-electron chi connectivity index (χ3n) is 5.44. The first-order valence-electron chi connectivity index (χ1n) is 10.3. The Morgan fingerprint density at radius 2 is 2.03 bits per heavy atom. The number of nitrogens with one attached hydrogen (secondary N) is 2. The molecule has 1 aliphatic rings. The molecule has 2 amide bonds. The second-order valence-corrected chi connectivity index (χ2v) is 8.92. The lowest BCUT2D eigenvalue weighted by Gasteiger charge is -2.32. The fraction of sp³-hybridized carbons (Fsp3) is 0.409. The van der Waals surface area contributed by atoms with E-state index in [4.69, 9.17) is 4.98 Å². The summed E-state index contributed by atoms with van der Waals surface area (Å²) >= 11 is 1.34. The van der Waals surface area contributed by atoms with Crippen molar-refractivity contribution in [1.29, 1.82) is 0 Å². The van der Waals surface area contributed by atoms with E-state index in [0.29, 0.717) is 10.9 Å². The van der Waals surface area contributed by atoms with Crippen molar-refractivity contribution in [3.63, 3.8) is 0 Å². The van der Waals surface area contributed by atoms with Crippen LogP contribution in [0.3, 0.4) is 0 Å². The number of thiophene rings is 1. The monoisotopic (exact) mass is 425 g/mol. The van der Waals surface area contributed by atoms with Crippen molar-refractivity contribution in [2.24, 2.45) is 0 Å². The van der Waals surface area contributed by atoms with Crippen LogP contribution in [0.25, 0.3) is 11.0 Å². The zero-order valence-corrected chi connectivity index (χ0v) is 18.1. The minimum Gasteiger partial charge on any atom is -0.325 e. The number of para-hydroxylation sites is 2. The number of piperidine rings is 1. The number of carbonyl (C=O) groups is 2. The maximum Gasteiger partial charge on any atom is 0.279 e. The Labute approximate surface area is 180 Å². The second-order valence-electron chi connectivity index (χ2n) is 7.98. The zero-order chi connectivity index (χ0) is 21.1. The van der Waals surface area contributed by atoms with Crippen LogP contribution >= 0.6 is 11.3 Å². The molecule has 4 rings (SSSR count). The number of aromatic nitrogens is 2. The van der Waals surface area contributed by atoms with E-state index in [-0.39, 0.29) is 24.3 Å². The van der Waals surface area contributed by atoms with Crippen molar-refractivity contribution >= 4 is 34.2 Å². The summed E-state index contributed by atoms with van der Waals surface area (Å²) < 4.78 is 2.32. The number of hydrogen-bond acceptors (Lipinski definition) is 5. The van der Waals surface area contributed by atoms with Crippen LogP contribution in [-0.2, 0) is 4.79 Å². The van der Waals surface area contributed by atoms with Crippen molar-refractivity contribution in [2.75, 3.05) is 19.6 Å². The maximum atomic E-state index is 12.4. The number of amides is 2. The number of nitrogens with zero attached hydrogens (tertiary/aromatic N) is 3. The Kier molecular flexibility index (Phi) is 6.15. The van der Waals surface area contributed by atoms with E-state index < -0.39 is 0 Å². The van der Waals surface area contributed by atoms with Gasteiger partial charge in [-0.3, -0.25) is 25.3 Å². The Balaban J connectivity index is 1.40. The highest BCUT2D eigenvalue weighted by molar-refractivity contribution is 7.12. The number of benzene rings is 1. The van der Waals surface area contributed by atoms with Gasteiger partial charge in [-0.15, -0.1) is 11.3 Å². The van der Waals surface area contributed by atoms with E-state index >= 15 is 0 Å². The van der Waals surface area contributed by atoms with E-state index in [1.165, 1.54) is 11.3 Å². The molecule has 30 heavy (non-hydrogen) atoms. The Bertz CT molecular complexity index is 1030. The van der Waals surface area contributed by atoms with Crippen molar-refractivity contribution in [3.8, 4) is 0 Å². The van der Waals surface area contributed by atoms with Crippen LogP contribution in [0.1, 0.15) is 54.1 Å². The average molecular weight is 426 g/mol. The van der Waals surface area contributed by atoms with E-state index in [9.17, 15) is 9.59 Å². The molecule has 0 bridgehead atoms. The van der Waals surface area contributed by atoms with Crippen molar-refractivity contribution in [2.45, 2.75) is 38.6 Å². The minimum atomic E-state index is -0.291. The van der Waals surface area contributed by atoms with Gasteiger partial charge in [-0.05, 0) is 56.8 Å². The number of imidazole rings is 1. The zero-order valence-electron chi connectivity index (χ0n) is 17.3. The molecule has 0 radical (unpaired) electrons. The quantitative estimate of drug-likeness (QED) is 0.615. The van der Waals surface area contributed by atoms with Gasteiger partial charge < -0.3 is 4.57 Å². The van der Waals surface area contributed by atoms with Gasteiger partial charge in [0.15, 0.2) is 0 Å². The highest BCUT2D eigenvalue weighted by Gasteiger charge is 2.28. The molecule has 3 aromatic rings. The van der Waals surface area contributed by atoms with Crippen LogP contribution in [0.15, 0.2) is 41.8 Å². The molecule has 1 aliphatic heterocycles. The minimum absolute atomic E-state index is 0.210. The first-order chi connectivity index (χ1) is 14.5. The van der Waals surface area contributed by atoms with E-state index in [1.54, 1.807) is 12.1 Å². The lowest BCUT2D eigenvalue weighted by Crippen LogP contribution is -2.48. The highest BCUT2D eigenvalue weighted by atomic mass is 32.1. The lowest BCUT2D eigenvalue weighted by molar-refractivity contribution is -0.123. The molecule has 1 unspecified atom stereocenters. The first-order valence-corrected chi connectivity index (χ1v) is 11.2. The van der Waals surface area contributed by atoms with Gasteiger partial charge in [0.05, 0.1) is 22.5 Å². The Morgan fingerprint density at radius 3 is 2.80 bits per heavy atom. The molecule has 158 valence electrons. The molecule has 3 heterocycles. The summed E-state index contributed by atoms with van der Waals surface area (Å²) in [4.78, 5) is 32.0. The molecule has 2 N–H and O–H groups in total. The molecule has 0 spiro atoms. The van der Waals surface area contributed by atoms with Crippen LogP contribution < -0.4 is 10.9 Å². The van der Waals surface area contributed by atoms with E-state index in [0.717, 1.165) is 42.8 Å². The maximum absolute atomic E-state index is 12.4. The number of carbonyl (C=O) groups excluding carboxylic acids is 2. The average Bonchev–Trinajstić information content (AvgIpc) is 3.40. The molecule has 0 saturated carbocycles. The van der Waals surface area contributed by atoms with Gasteiger partial charge in [0.2, 0.25) is 0 Å². The summed E-state index contributed by atoms with van der Waals surface area (Å²) in [6.07, 6.45) is 2.07. The van der Waals surface area contributed by atoms with Gasteiger partial charge in [-0.25, -0.2) is 4.98 Å². The number of hydrazine groups is 1. The first kappa shape index (κ1) is 20.6. The predicted octanol–water partition coefficient (Wildman–Crippen LogP) is 3.32. The molecule has 2 aromatic heterocycles. The number of likely N-dealkylation sites (tertiary alicyclic amines) is 1. The molecule has 1 fully saturated rings. The fourth-order valence-electron chi connectivity index (χ4n) is 4.14. The van der Waals surface area contributed by atoms with Gasteiger partial charge in [-0.1, -0.05) is 18.2 Å². The number of hydrogen-bond donors (Lipinski definition) is 2. The molecule has 1 atom stereocenters. The van der Waals surface area contributed by atoms with Gasteiger partial charge in [0, 0.05) is 18.5 Å². The third-order valence-corrected chi connectivity index (χ3v) is 6.31. The summed E-state index contributed by atoms with van der Waals surface area (Å²) in [5.74, 6) is 0.878. The van der Waals surface area contributed by atoms with Gasteiger partial charge in [0.25, 0.3) is 11.8 Å². The third kappa shape index (κ3) is 4.39. The summed E-state index contributed by atoms with van der Waals surface area (Å²) in [5.41, 5.74) is 7.20. The number of rotatable bonds is 5. The smallest absolute Gasteiger partial charge is 0.279 e. The van der Waals surface area contributed by atoms with E-state index in [1.807, 2.05) is 11.4 Å². The van der Waals surface area contributed by atoms with Crippen LogP contribution in [0, 0.1) is 0 Å². The SMILES string of the molecule is CC(C)n1c(C2CCCN(CC(=O)NNC(=O)c3cccs3)C2)nc2ccccc21. The van der Waals surface area contributed by atoms with Crippen molar-refractivity contribution in [1.82, 2.24) is 25.3 Å². The largest absolute Gasteiger partial charge is 0.325 e. The molecule has 8 heteroatoms. The Morgan fingerprint density at radius 1 is 1.20 bits per heavy atom. The van der Waals surface area contributed by atoms with Gasteiger partial charge in [0.1, 0.15) is 5.82 Å². The molecule has 0 aliphatic carbocycles. The molecular weight excluding hydrogens is 398 g/mol. The molecule has 1 saturated heterocycles. The standard InChI is InChI=1S/C22H27N5O2S/c1-15(2)27-18-9-4-3-8-17(18)23-21(27)16-7-5-11-26(13-16)14-20(28)24-25-22(29)19-10-6-12-30-19/h3-4,6,8-10,12,15-16H,5,7,11,13-14H2,1-2H3,(H,24,28)(H,25,29). The lowest BCUT2D eigenvalue weighted by atomic mass is 9.97. The molecule has 7 nitrogen and oxygen atoms in total. The molecule has 1 aromatic carbocycles. The van der Waals surface area contributed by atoms with E-state index in [2.05, 4.69) is 52.4 Å².